The zero-order valence-corrected chi connectivity index (χ0v) is 20.0. The Morgan fingerprint density at radius 2 is 1.97 bits per heavy atom. The molecule has 0 spiro atoms. The quantitative estimate of drug-likeness (QED) is 0.234. The highest BCUT2D eigenvalue weighted by Crippen LogP contribution is 2.35. The number of nitrogens with zero attached hydrogens (tertiary/aromatic N) is 1. The highest BCUT2D eigenvalue weighted by Gasteiger charge is 2.33. The number of carboxylic acid groups (broad SMARTS) is 1. The first-order valence-corrected chi connectivity index (χ1v) is 12.0. The van der Waals surface area contributed by atoms with Gasteiger partial charge in [-0.15, -0.1) is 0 Å². The lowest BCUT2D eigenvalue weighted by Crippen LogP contribution is -2.33. The third-order valence-corrected chi connectivity index (χ3v) is 6.15. The summed E-state index contributed by atoms with van der Waals surface area (Å²) in [6.07, 6.45) is 8.91. The Balaban J connectivity index is 2.08. The standard InChI is InChI=1S/C23H31NO5S2/c1-4-6-7-8-9-10-16(3)29-18-12-11-17(13-19(18)28-5-2)14-20-22(27)24(15-21(25)26)23(30)31-20/h11-14,16H,4-10,15H2,1-3H3,(H,25,26). The van der Waals surface area contributed by atoms with E-state index in [0.29, 0.717) is 23.0 Å². The van der Waals surface area contributed by atoms with Gasteiger partial charge in [-0.25, -0.2) is 0 Å². The van der Waals surface area contributed by atoms with Crippen LogP contribution in [0.2, 0.25) is 0 Å². The Morgan fingerprint density at radius 3 is 2.65 bits per heavy atom. The first-order chi connectivity index (χ1) is 14.8. The van der Waals surface area contributed by atoms with Crippen molar-refractivity contribution in [3.8, 4) is 11.5 Å². The van der Waals surface area contributed by atoms with Crippen LogP contribution in [-0.2, 0) is 9.59 Å². The third kappa shape index (κ3) is 7.85. The molecule has 6 nitrogen and oxygen atoms in total. The van der Waals surface area contributed by atoms with Crippen LogP contribution in [0.5, 0.6) is 11.5 Å². The van der Waals surface area contributed by atoms with E-state index in [1.165, 1.54) is 25.7 Å². The number of carbonyl (C=O) groups is 2. The van der Waals surface area contributed by atoms with Crippen LogP contribution in [0.25, 0.3) is 6.08 Å². The van der Waals surface area contributed by atoms with Crippen molar-refractivity contribution in [2.24, 2.45) is 0 Å². The van der Waals surface area contributed by atoms with Crippen molar-refractivity contribution in [3.63, 3.8) is 0 Å². The van der Waals surface area contributed by atoms with Crippen LogP contribution in [0.3, 0.4) is 0 Å². The number of hydrogen-bond acceptors (Lipinski definition) is 6. The van der Waals surface area contributed by atoms with Crippen molar-refractivity contribution >= 4 is 46.3 Å². The molecule has 0 radical (unpaired) electrons. The van der Waals surface area contributed by atoms with Gasteiger partial charge in [0.1, 0.15) is 10.9 Å². The molecule has 8 heteroatoms. The summed E-state index contributed by atoms with van der Waals surface area (Å²) in [5, 5.41) is 8.96. The van der Waals surface area contributed by atoms with Crippen molar-refractivity contribution in [1.29, 1.82) is 0 Å². The lowest BCUT2D eigenvalue weighted by molar-refractivity contribution is -0.140. The maximum absolute atomic E-state index is 12.5. The number of aliphatic carboxylic acids is 1. The smallest absolute Gasteiger partial charge is 0.323 e. The Hall–Kier alpha value is -2.06. The Bertz CT molecular complexity index is 824. The second-order valence-corrected chi connectivity index (χ2v) is 9.11. The summed E-state index contributed by atoms with van der Waals surface area (Å²) in [6, 6.07) is 5.54. The first kappa shape index (κ1) is 25.2. The van der Waals surface area contributed by atoms with E-state index in [2.05, 4.69) is 13.8 Å². The Labute approximate surface area is 194 Å². The molecular formula is C23H31NO5S2. The van der Waals surface area contributed by atoms with Crippen molar-refractivity contribution in [1.82, 2.24) is 4.90 Å². The number of unbranched alkanes of at least 4 members (excludes halogenated alkanes) is 4. The number of rotatable bonds is 13. The minimum absolute atomic E-state index is 0.0824. The maximum atomic E-state index is 12.5. The van der Waals surface area contributed by atoms with Gasteiger partial charge in [0.25, 0.3) is 5.91 Å². The molecule has 1 amide bonds. The predicted octanol–water partition coefficient (Wildman–Crippen LogP) is 5.50. The second-order valence-electron chi connectivity index (χ2n) is 7.43. The summed E-state index contributed by atoms with van der Waals surface area (Å²) in [6.45, 7) is 6.24. The maximum Gasteiger partial charge on any atom is 0.323 e. The average Bonchev–Trinajstić information content (AvgIpc) is 2.97. The van der Waals surface area contributed by atoms with Gasteiger partial charge >= 0.3 is 5.97 Å². The van der Waals surface area contributed by atoms with Crippen molar-refractivity contribution < 1.29 is 24.2 Å². The molecule has 1 aromatic rings. The van der Waals surface area contributed by atoms with Crippen molar-refractivity contribution in [2.75, 3.05) is 13.2 Å². The molecule has 170 valence electrons. The molecule has 0 aromatic heterocycles. The number of thioether (sulfide) groups is 1. The third-order valence-electron chi connectivity index (χ3n) is 4.77. The molecule has 1 N–H and O–H groups in total. The minimum atomic E-state index is -1.10. The van der Waals surface area contributed by atoms with Gasteiger partial charge < -0.3 is 14.6 Å². The number of amides is 1. The molecule has 1 unspecified atom stereocenters. The molecule has 2 rings (SSSR count). The molecule has 0 aliphatic carbocycles. The van der Waals surface area contributed by atoms with Gasteiger partial charge in [0, 0.05) is 0 Å². The van der Waals surface area contributed by atoms with Crippen LogP contribution in [0.4, 0.5) is 0 Å². The molecule has 1 atom stereocenters. The van der Waals surface area contributed by atoms with Gasteiger partial charge in [-0.2, -0.15) is 0 Å². The molecule has 1 aromatic carbocycles. The van der Waals surface area contributed by atoms with Crippen LogP contribution in [-0.4, -0.2) is 45.5 Å². The van der Waals surface area contributed by atoms with E-state index in [9.17, 15) is 9.59 Å². The molecular weight excluding hydrogens is 434 g/mol. The number of ether oxygens (including phenoxy) is 2. The van der Waals surface area contributed by atoms with E-state index in [1.807, 2.05) is 25.1 Å². The summed E-state index contributed by atoms with van der Waals surface area (Å²) >= 11 is 6.24. The van der Waals surface area contributed by atoms with Crippen LogP contribution >= 0.6 is 24.0 Å². The summed E-state index contributed by atoms with van der Waals surface area (Å²) in [5.41, 5.74) is 0.763. The molecule has 0 bridgehead atoms. The molecule has 1 heterocycles. The summed E-state index contributed by atoms with van der Waals surface area (Å²) in [5.74, 6) is -0.196. The van der Waals surface area contributed by atoms with Crippen LogP contribution in [0.15, 0.2) is 23.1 Å². The highest BCUT2D eigenvalue weighted by molar-refractivity contribution is 8.26. The highest BCUT2D eigenvalue weighted by atomic mass is 32.2. The average molecular weight is 466 g/mol. The van der Waals surface area contributed by atoms with Gasteiger partial charge in [0.05, 0.1) is 17.6 Å². The second kappa shape index (κ2) is 12.7. The normalized spacial score (nSPS) is 16.1. The monoisotopic (exact) mass is 465 g/mol. The minimum Gasteiger partial charge on any atom is -0.490 e. The van der Waals surface area contributed by atoms with E-state index >= 15 is 0 Å². The lowest BCUT2D eigenvalue weighted by atomic mass is 10.1. The molecule has 1 saturated heterocycles. The van der Waals surface area contributed by atoms with E-state index in [-0.39, 0.29) is 10.4 Å². The molecule has 1 aliphatic heterocycles. The summed E-state index contributed by atoms with van der Waals surface area (Å²) in [4.78, 5) is 24.9. The molecule has 1 fully saturated rings. The van der Waals surface area contributed by atoms with E-state index in [1.54, 1.807) is 6.08 Å². The summed E-state index contributed by atoms with van der Waals surface area (Å²) < 4.78 is 12.1. The lowest BCUT2D eigenvalue weighted by Gasteiger charge is -2.18. The Morgan fingerprint density at radius 1 is 1.23 bits per heavy atom. The van der Waals surface area contributed by atoms with E-state index in [4.69, 9.17) is 26.8 Å². The molecule has 0 saturated carbocycles. The fourth-order valence-electron chi connectivity index (χ4n) is 3.21. The van der Waals surface area contributed by atoms with Crippen LogP contribution in [0.1, 0.15) is 64.9 Å². The largest absolute Gasteiger partial charge is 0.490 e. The fourth-order valence-corrected chi connectivity index (χ4v) is 4.47. The zero-order valence-electron chi connectivity index (χ0n) is 18.4. The van der Waals surface area contributed by atoms with Gasteiger partial charge in [-0.1, -0.05) is 62.7 Å². The van der Waals surface area contributed by atoms with Gasteiger partial charge in [-0.05, 0) is 50.5 Å². The van der Waals surface area contributed by atoms with Gasteiger partial charge in [-0.3, -0.25) is 14.5 Å². The topological polar surface area (TPSA) is 76.1 Å². The molecule has 1 aliphatic rings. The Kier molecular flexibility index (Phi) is 10.3. The number of carboxylic acids is 1. The van der Waals surface area contributed by atoms with Crippen LogP contribution in [0, 0.1) is 0 Å². The number of thiocarbonyl (C=S) groups is 1. The van der Waals surface area contributed by atoms with Crippen molar-refractivity contribution in [2.45, 2.75) is 65.4 Å². The number of carbonyl (C=O) groups excluding carboxylic acids is 1. The van der Waals surface area contributed by atoms with Crippen molar-refractivity contribution in [3.05, 3.63) is 28.7 Å². The fraction of sp³-hybridized carbons (Fsp3) is 0.522. The number of benzene rings is 1. The van der Waals surface area contributed by atoms with Crippen LogP contribution < -0.4 is 9.47 Å². The first-order valence-electron chi connectivity index (χ1n) is 10.8. The number of hydrogen-bond donors (Lipinski definition) is 1. The summed E-state index contributed by atoms with van der Waals surface area (Å²) in [7, 11) is 0. The van der Waals surface area contributed by atoms with E-state index in [0.717, 1.165) is 35.1 Å². The molecule has 31 heavy (non-hydrogen) atoms. The van der Waals surface area contributed by atoms with Gasteiger partial charge in [0.15, 0.2) is 11.5 Å². The van der Waals surface area contributed by atoms with E-state index < -0.39 is 18.4 Å². The zero-order chi connectivity index (χ0) is 22.8. The predicted molar refractivity (Wildman–Crippen MR) is 129 cm³/mol. The SMILES string of the molecule is CCCCCCCC(C)Oc1ccc(C=C2SC(=S)N(CC(=O)O)C2=O)cc1OCC. The van der Waals surface area contributed by atoms with Gasteiger partial charge in [0.2, 0.25) is 0 Å².